The van der Waals surface area contributed by atoms with E-state index in [1.54, 1.807) is 0 Å². The minimum Gasteiger partial charge on any atom is -0.325 e. The molecule has 0 bridgehead atoms. The van der Waals surface area contributed by atoms with Gasteiger partial charge in [0.2, 0.25) is 5.91 Å². The van der Waals surface area contributed by atoms with Crippen LogP contribution >= 0.6 is 0 Å². The number of aromatic nitrogens is 2. The highest BCUT2D eigenvalue weighted by Gasteiger charge is 2.13. The molecular weight excluding hydrogens is 360 g/mol. The Kier molecular flexibility index (Phi) is 5.49. The van der Waals surface area contributed by atoms with E-state index in [0.29, 0.717) is 17.1 Å². The van der Waals surface area contributed by atoms with Crippen molar-refractivity contribution in [2.75, 3.05) is 5.32 Å². The summed E-state index contributed by atoms with van der Waals surface area (Å²) in [5.74, 6) is 0.0565. The third-order valence-electron chi connectivity index (χ3n) is 4.71. The number of nitro groups is 1. The van der Waals surface area contributed by atoms with Gasteiger partial charge in [-0.3, -0.25) is 24.3 Å². The van der Waals surface area contributed by atoms with Crippen LogP contribution in [0.1, 0.15) is 31.7 Å². The van der Waals surface area contributed by atoms with Crippen LogP contribution in [0.15, 0.2) is 53.6 Å². The number of non-ortho nitro benzene ring substituents is 1. The average molecular weight is 380 g/mol. The maximum atomic E-state index is 12.6. The number of hydrogen-bond acceptors (Lipinski definition) is 5. The van der Waals surface area contributed by atoms with Gasteiger partial charge in [-0.15, -0.1) is 0 Å². The van der Waals surface area contributed by atoms with Gasteiger partial charge < -0.3 is 5.32 Å². The summed E-state index contributed by atoms with van der Waals surface area (Å²) in [6.07, 6.45) is 2.30. The summed E-state index contributed by atoms with van der Waals surface area (Å²) >= 11 is 0. The second-order valence-electron chi connectivity index (χ2n) is 6.62. The van der Waals surface area contributed by atoms with Gasteiger partial charge >= 0.3 is 0 Å². The molecule has 8 heteroatoms. The number of hydrogen-bond donors (Lipinski definition) is 1. The molecule has 3 aromatic rings. The van der Waals surface area contributed by atoms with E-state index in [9.17, 15) is 19.7 Å². The summed E-state index contributed by atoms with van der Waals surface area (Å²) in [5.41, 5.74) is 1.46. The molecule has 1 N–H and O–H groups in total. The van der Waals surface area contributed by atoms with E-state index in [0.717, 1.165) is 11.0 Å². The lowest BCUT2D eigenvalue weighted by Crippen LogP contribution is -2.28. The molecule has 0 fully saturated rings. The van der Waals surface area contributed by atoms with E-state index < -0.39 is 10.5 Å². The molecule has 0 saturated heterocycles. The molecule has 0 saturated carbocycles. The van der Waals surface area contributed by atoms with Gasteiger partial charge in [0.05, 0.1) is 22.2 Å². The minimum absolute atomic E-state index is 0.0995. The van der Waals surface area contributed by atoms with Gasteiger partial charge in [-0.1, -0.05) is 26.0 Å². The summed E-state index contributed by atoms with van der Waals surface area (Å²) in [5, 5.41) is 13.8. The Labute approximate surface area is 161 Å². The molecule has 1 amide bonds. The van der Waals surface area contributed by atoms with E-state index in [4.69, 9.17) is 0 Å². The van der Waals surface area contributed by atoms with Crippen LogP contribution in [-0.4, -0.2) is 20.4 Å². The quantitative estimate of drug-likeness (QED) is 0.520. The lowest BCUT2D eigenvalue weighted by atomic mass is 9.99. The average Bonchev–Trinajstić information content (AvgIpc) is 2.69. The molecule has 0 unspecified atom stereocenters. The Bertz CT molecular complexity index is 1090. The molecule has 2 aromatic carbocycles. The fraction of sp³-hybridized carbons (Fsp3) is 0.250. The first-order valence-electron chi connectivity index (χ1n) is 8.92. The fourth-order valence-electron chi connectivity index (χ4n) is 2.86. The van der Waals surface area contributed by atoms with Crippen LogP contribution in [0.25, 0.3) is 10.9 Å². The molecule has 0 radical (unpaired) electrons. The highest BCUT2D eigenvalue weighted by molar-refractivity contribution is 5.90. The molecule has 3 rings (SSSR count). The van der Waals surface area contributed by atoms with Crippen molar-refractivity contribution in [3.8, 4) is 0 Å². The molecule has 144 valence electrons. The fourth-order valence-corrected chi connectivity index (χ4v) is 2.86. The van der Waals surface area contributed by atoms with Crippen LogP contribution in [0, 0.1) is 10.1 Å². The van der Waals surface area contributed by atoms with Crippen LogP contribution < -0.4 is 10.9 Å². The Morgan fingerprint density at radius 3 is 2.61 bits per heavy atom. The SMILES string of the molecule is CC[C@@H](C)c1ccc(NC(=O)Cn2cnc3ccc([N+](=O)[O-])cc3c2=O)cc1. The smallest absolute Gasteiger partial charge is 0.270 e. The van der Waals surface area contributed by atoms with Crippen LogP contribution in [0.4, 0.5) is 11.4 Å². The Morgan fingerprint density at radius 1 is 1.25 bits per heavy atom. The molecule has 1 aromatic heterocycles. The maximum absolute atomic E-state index is 12.6. The molecule has 8 nitrogen and oxygen atoms in total. The first kappa shape index (κ1) is 19.2. The van der Waals surface area contributed by atoms with Gasteiger partial charge in [0.1, 0.15) is 6.54 Å². The van der Waals surface area contributed by atoms with Crippen molar-refractivity contribution < 1.29 is 9.72 Å². The molecule has 1 atom stereocenters. The summed E-state index contributed by atoms with van der Waals surface area (Å²) in [6.45, 7) is 4.01. The van der Waals surface area contributed by atoms with Crippen molar-refractivity contribution in [3.05, 3.63) is 74.8 Å². The first-order chi connectivity index (χ1) is 13.4. The van der Waals surface area contributed by atoms with Gasteiger partial charge in [-0.2, -0.15) is 0 Å². The monoisotopic (exact) mass is 380 g/mol. The topological polar surface area (TPSA) is 107 Å². The summed E-state index contributed by atoms with van der Waals surface area (Å²) < 4.78 is 1.13. The van der Waals surface area contributed by atoms with Crippen LogP contribution in [-0.2, 0) is 11.3 Å². The Morgan fingerprint density at radius 2 is 1.96 bits per heavy atom. The van der Waals surface area contributed by atoms with Gasteiger partial charge in [-0.25, -0.2) is 4.98 Å². The molecule has 0 aliphatic rings. The highest BCUT2D eigenvalue weighted by Crippen LogP contribution is 2.20. The van der Waals surface area contributed by atoms with E-state index in [1.165, 1.54) is 30.1 Å². The number of nitro benzene ring substituents is 1. The minimum atomic E-state index is -0.577. The van der Waals surface area contributed by atoms with Crippen molar-refractivity contribution in [2.45, 2.75) is 32.7 Å². The van der Waals surface area contributed by atoms with E-state index in [-0.39, 0.29) is 23.5 Å². The van der Waals surface area contributed by atoms with Crippen molar-refractivity contribution in [1.29, 1.82) is 0 Å². The summed E-state index contributed by atoms with van der Waals surface area (Å²) in [6, 6.07) is 11.5. The number of carbonyl (C=O) groups is 1. The normalized spacial score (nSPS) is 11.9. The molecule has 0 aliphatic carbocycles. The second-order valence-corrected chi connectivity index (χ2v) is 6.62. The number of rotatable bonds is 6. The van der Waals surface area contributed by atoms with Crippen molar-refractivity contribution in [1.82, 2.24) is 9.55 Å². The number of amides is 1. The Hall–Kier alpha value is -3.55. The Balaban J connectivity index is 1.78. The van der Waals surface area contributed by atoms with Crippen molar-refractivity contribution >= 4 is 28.2 Å². The van der Waals surface area contributed by atoms with E-state index in [1.807, 2.05) is 24.3 Å². The maximum Gasteiger partial charge on any atom is 0.270 e. The van der Waals surface area contributed by atoms with E-state index in [2.05, 4.69) is 24.1 Å². The number of anilines is 1. The first-order valence-corrected chi connectivity index (χ1v) is 8.92. The number of fused-ring (bicyclic) bond motifs is 1. The summed E-state index contributed by atoms with van der Waals surface area (Å²) in [4.78, 5) is 39.3. The van der Waals surface area contributed by atoms with E-state index >= 15 is 0 Å². The standard InChI is InChI=1S/C20H20N4O4/c1-3-13(2)14-4-6-15(7-5-14)22-19(25)11-23-12-21-18-9-8-16(24(27)28)10-17(18)20(23)26/h4-10,12-13H,3,11H2,1-2H3,(H,22,25)/t13-/m1/s1. The van der Waals surface area contributed by atoms with Crippen molar-refractivity contribution in [2.24, 2.45) is 0 Å². The zero-order valence-corrected chi connectivity index (χ0v) is 15.6. The van der Waals surface area contributed by atoms with Crippen LogP contribution in [0.3, 0.4) is 0 Å². The molecular formula is C20H20N4O4. The van der Waals surface area contributed by atoms with Crippen LogP contribution in [0.5, 0.6) is 0 Å². The van der Waals surface area contributed by atoms with Crippen LogP contribution in [0.2, 0.25) is 0 Å². The van der Waals surface area contributed by atoms with Gasteiger partial charge in [-0.05, 0) is 36.1 Å². The predicted molar refractivity (Wildman–Crippen MR) is 106 cm³/mol. The largest absolute Gasteiger partial charge is 0.325 e. The van der Waals surface area contributed by atoms with Gasteiger partial charge in [0.15, 0.2) is 0 Å². The second kappa shape index (κ2) is 7.99. The number of carbonyl (C=O) groups excluding carboxylic acids is 1. The zero-order chi connectivity index (χ0) is 20.3. The highest BCUT2D eigenvalue weighted by atomic mass is 16.6. The third-order valence-corrected chi connectivity index (χ3v) is 4.71. The van der Waals surface area contributed by atoms with Gasteiger partial charge in [0, 0.05) is 17.8 Å². The number of benzene rings is 2. The van der Waals surface area contributed by atoms with Gasteiger partial charge in [0.25, 0.3) is 11.2 Å². The lowest BCUT2D eigenvalue weighted by molar-refractivity contribution is -0.384. The number of nitrogens with zero attached hydrogens (tertiary/aromatic N) is 3. The predicted octanol–water partition coefficient (Wildman–Crippen LogP) is 3.46. The zero-order valence-electron chi connectivity index (χ0n) is 15.6. The molecule has 0 spiro atoms. The number of nitrogens with one attached hydrogen (secondary N) is 1. The lowest BCUT2D eigenvalue weighted by Gasteiger charge is -2.11. The van der Waals surface area contributed by atoms with Crippen molar-refractivity contribution in [3.63, 3.8) is 0 Å². The summed E-state index contributed by atoms with van der Waals surface area (Å²) in [7, 11) is 0. The molecule has 28 heavy (non-hydrogen) atoms. The molecule has 1 heterocycles. The molecule has 0 aliphatic heterocycles. The third kappa shape index (κ3) is 4.06.